The van der Waals surface area contributed by atoms with Gasteiger partial charge in [-0.1, -0.05) is 17.7 Å². The molecule has 0 fully saturated rings. The van der Waals surface area contributed by atoms with E-state index in [9.17, 15) is 9.59 Å². The van der Waals surface area contributed by atoms with Gasteiger partial charge in [-0.15, -0.1) is 0 Å². The maximum absolute atomic E-state index is 12.6. The number of aryl methyl sites for hydroxylation is 1. The Morgan fingerprint density at radius 3 is 2.42 bits per heavy atom. The molecule has 1 aliphatic heterocycles. The molecular formula is C24H22N2O5. The van der Waals surface area contributed by atoms with E-state index in [1.807, 2.05) is 31.2 Å². The van der Waals surface area contributed by atoms with Crippen molar-refractivity contribution in [2.45, 2.75) is 6.92 Å². The predicted octanol–water partition coefficient (Wildman–Crippen LogP) is 4.02. The van der Waals surface area contributed by atoms with Gasteiger partial charge in [0.2, 0.25) is 6.79 Å². The third-order valence-electron chi connectivity index (χ3n) is 4.85. The Bertz CT molecular complexity index is 1090. The van der Waals surface area contributed by atoms with Gasteiger partial charge in [0.15, 0.2) is 18.1 Å². The highest BCUT2D eigenvalue weighted by atomic mass is 16.7. The Morgan fingerprint density at radius 1 is 0.968 bits per heavy atom. The molecule has 3 aromatic carbocycles. The number of fused-ring (bicyclic) bond motifs is 1. The molecule has 3 aromatic rings. The zero-order valence-electron chi connectivity index (χ0n) is 17.3. The van der Waals surface area contributed by atoms with Gasteiger partial charge in [-0.2, -0.15) is 0 Å². The first kappa shape index (κ1) is 20.3. The van der Waals surface area contributed by atoms with Crippen molar-refractivity contribution in [2.75, 3.05) is 30.7 Å². The second-order valence-corrected chi connectivity index (χ2v) is 7.13. The Hall–Kier alpha value is -4.00. The lowest BCUT2D eigenvalue weighted by atomic mass is 10.1. The van der Waals surface area contributed by atoms with Crippen molar-refractivity contribution in [3.63, 3.8) is 0 Å². The minimum absolute atomic E-state index is 0.100. The fraction of sp³-hybridized carbons (Fsp3) is 0.167. The van der Waals surface area contributed by atoms with Crippen LogP contribution in [0.15, 0.2) is 66.7 Å². The van der Waals surface area contributed by atoms with E-state index in [-0.39, 0.29) is 25.2 Å². The number of amides is 2. The van der Waals surface area contributed by atoms with Gasteiger partial charge in [0, 0.05) is 30.1 Å². The number of rotatable bonds is 6. The Balaban J connectivity index is 1.31. The minimum Gasteiger partial charge on any atom is -0.484 e. The summed E-state index contributed by atoms with van der Waals surface area (Å²) < 4.78 is 16.1. The molecule has 158 valence electrons. The highest BCUT2D eigenvalue weighted by molar-refractivity contribution is 6.05. The van der Waals surface area contributed by atoms with E-state index >= 15 is 0 Å². The first-order valence-electron chi connectivity index (χ1n) is 9.77. The number of nitrogens with one attached hydrogen (secondary N) is 1. The summed E-state index contributed by atoms with van der Waals surface area (Å²) in [5.74, 6) is 1.38. The molecule has 1 heterocycles. The van der Waals surface area contributed by atoms with Crippen molar-refractivity contribution in [3.8, 4) is 17.2 Å². The van der Waals surface area contributed by atoms with E-state index in [2.05, 4.69) is 5.32 Å². The normalized spacial score (nSPS) is 11.7. The summed E-state index contributed by atoms with van der Waals surface area (Å²) in [6, 6.07) is 19.6. The molecule has 1 aliphatic rings. The molecule has 2 amide bonds. The van der Waals surface area contributed by atoms with Crippen molar-refractivity contribution >= 4 is 23.2 Å². The van der Waals surface area contributed by atoms with Gasteiger partial charge in [-0.25, -0.2) is 0 Å². The molecule has 7 heteroatoms. The number of benzene rings is 3. The van der Waals surface area contributed by atoms with Crippen LogP contribution in [0.2, 0.25) is 0 Å². The van der Waals surface area contributed by atoms with Crippen molar-refractivity contribution in [1.29, 1.82) is 0 Å². The molecule has 31 heavy (non-hydrogen) atoms. The summed E-state index contributed by atoms with van der Waals surface area (Å²) >= 11 is 0. The Labute approximate surface area is 180 Å². The number of anilines is 2. The molecule has 0 saturated carbocycles. The molecule has 1 N–H and O–H groups in total. The van der Waals surface area contributed by atoms with Gasteiger partial charge < -0.3 is 24.4 Å². The lowest BCUT2D eigenvalue weighted by Crippen LogP contribution is -2.26. The number of ether oxygens (including phenoxy) is 3. The molecule has 0 radical (unpaired) electrons. The van der Waals surface area contributed by atoms with Crippen LogP contribution in [0.5, 0.6) is 17.2 Å². The summed E-state index contributed by atoms with van der Waals surface area (Å²) in [5, 5.41) is 2.76. The average molecular weight is 418 g/mol. The topological polar surface area (TPSA) is 77.1 Å². The van der Waals surface area contributed by atoms with Crippen LogP contribution in [0.4, 0.5) is 11.4 Å². The molecule has 0 spiro atoms. The first-order chi connectivity index (χ1) is 15.0. The van der Waals surface area contributed by atoms with Crippen LogP contribution in [0.25, 0.3) is 0 Å². The minimum atomic E-state index is -0.297. The molecule has 0 atom stereocenters. The van der Waals surface area contributed by atoms with Crippen LogP contribution in [0.3, 0.4) is 0 Å². The lowest BCUT2D eigenvalue weighted by molar-refractivity contribution is -0.118. The third kappa shape index (κ3) is 4.78. The maximum Gasteiger partial charge on any atom is 0.262 e. The Kier molecular flexibility index (Phi) is 5.75. The van der Waals surface area contributed by atoms with Gasteiger partial charge in [0.25, 0.3) is 11.8 Å². The van der Waals surface area contributed by atoms with Crippen LogP contribution in [0.1, 0.15) is 15.9 Å². The van der Waals surface area contributed by atoms with E-state index in [0.717, 1.165) is 11.3 Å². The van der Waals surface area contributed by atoms with Crippen molar-refractivity contribution < 1.29 is 23.8 Å². The smallest absolute Gasteiger partial charge is 0.262 e. The number of hydrogen-bond acceptors (Lipinski definition) is 5. The van der Waals surface area contributed by atoms with Gasteiger partial charge in [-0.3, -0.25) is 9.59 Å². The summed E-state index contributed by atoms with van der Waals surface area (Å²) in [7, 11) is 1.72. The van der Waals surface area contributed by atoms with Crippen molar-refractivity contribution in [1.82, 2.24) is 0 Å². The van der Waals surface area contributed by atoms with Gasteiger partial charge in [0.05, 0.1) is 0 Å². The fourth-order valence-corrected chi connectivity index (χ4v) is 3.09. The molecule has 7 nitrogen and oxygen atoms in total. The Morgan fingerprint density at radius 2 is 1.68 bits per heavy atom. The zero-order valence-corrected chi connectivity index (χ0v) is 17.3. The van der Waals surface area contributed by atoms with Crippen LogP contribution in [-0.2, 0) is 4.79 Å². The molecule has 4 rings (SSSR count). The molecule has 0 aromatic heterocycles. The predicted molar refractivity (Wildman–Crippen MR) is 117 cm³/mol. The standard InChI is InChI=1S/C24H22N2O5/c1-16-3-5-17(6-4-16)24(28)26(2)19-8-10-20(11-9-19)29-14-23(27)25-18-7-12-21-22(13-18)31-15-30-21/h3-13H,14-15H2,1-2H3,(H,25,27). The average Bonchev–Trinajstić information content (AvgIpc) is 3.25. The molecule has 0 bridgehead atoms. The second kappa shape index (κ2) is 8.79. The van der Waals surface area contributed by atoms with Crippen LogP contribution in [0, 0.1) is 6.92 Å². The largest absolute Gasteiger partial charge is 0.484 e. The molecule has 0 saturated heterocycles. The molecular weight excluding hydrogens is 396 g/mol. The molecule has 0 unspecified atom stereocenters. The van der Waals surface area contributed by atoms with E-state index in [1.165, 1.54) is 0 Å². The van der Waals surface area contributed by atoms with E-state index < -0.39 is 0 Å². The van der Waals surface area contributed by atoms with E-state index in [1.54, 1.807) is 54.4 Å². The number of carbonyl (C=O) groups is 2. The quantitative estimate of drug-likeness (QED) is 0.654. The van der Waals surface area contributed by atoms with Gasteiger partial charge >= 0.3 is 0 Å². The van der Waals surface area contributed by atoms with Gasteiger partial charge in [0.1, 0.15) is 5.75 Å². The molecule has 0 aliphatic carbocycles. The lowest BCUT2D eigenvalue weighted by Gasteiger charge is -2.18. The van der Waals surface area contributed by atoms with Crippen LogP contribution >= 0.6 is 0 Å². The first-order valence-corrected chi connectivity index (χ1v) is 9.77. The number of hydrogen-bond donors (Lipinski definition) is 1. The van der Waals surface area contributed by atoms with Crippen molar-refractivity contribution in [2.24, 2.45) is 0 Å². The second-order valence-electron chi connectivity index (χ2n) is 7.13. The highest BCUT2D eigenvalue weighted by Gasteiger charge is 2.15. The third-order valence-corrected chi connectivity index (χ3v) is 4.85. The fourth-order valence-electron chi connectivity index (χ4n) is 3.09. The summed E-state index contributed by atoms with van der Waals surface area (Å²) in [6.07, 6.45) is 0. The number of nitrogens with zero attached hydrogens (tertiary/aromatic N) is 1. The van der Waals surface area contributed by atoms with E-state index in [0.29, 0.717) is 28.5 Å². The number of carbonyl (C=O) groups excluding carboxylic acids is 2. The maximum atomic E-state index is 12.6. The summed E-state index contributed by atoms with van der Waals surface area (Å²) in [5.41, 5.74) is 3.05. The highest BCUT2D eigenvalue weighted by Crippen LogP contribution is 2.34. The van der Waals surface area contributed by atoms with Crippen LogP contribution in [-0.4, -0.2) is 32.3 Å². The van der Waals surface area contributed by atoms with Crippen molar-refractivity contribution in [3.05, 3.63) is 77.9 Å². The summed E-state index contributed by atoms with van der Waals surface area (Å²) in [4.78, 5) is 26.4. The van der Waals surface area contributed by atoms with E-state index in [4.69, 9.17) is 14.2 Å². The zero-order chi connectivity index (χ0) is 21.8. The van der Waals surface area contributed by atoms with Gasteiger partial charge in [-0.05, 0) is 55.5 Å². The van der Waals surface area contributed by atoms with Crippen LogP contribution < -0.4 is 24.4 Å². The monoisotopic (exact) mass is 418 g/mol. The summed E-state index contributed by atoms with van der Waals surface area (Å²) in [6.45, 7) is 2.01. The SMILES string of the molecule is Cc1ccc(C(=O)N(C)c2ccc(OCC(=O)Nc3ccc4c(c3)OCO4)cc2)cc1.